The minimum absolute atomic E-state index is 0.0150. The van der Waals surface area contributed by atoms with E-state index in [0.717, 1.165) is 11.1 Å². The van der Waals surface area contributed by atoms with Crippen LogP contribution < -0.4 is 5.69 Å². The molecule has 1 heterocycles. The van der Waals surface area contributed by atoms with E-state index in [1.807, 2.05) is 13.8 Å². The van der Waals surface area contributed by atoms with Crippen LogP contribution in [0.25, 0.3) is 11.0 Å². The number of hydrogen-bond donors (Lipinski definition) is 0. The molecule has 4 rings (SSSR count). The molecular formula is C21H18N2O5S2. The number of nitrogens with zero attached hydrogens (tertiary/aromatic N) is 2. The van der Waals surface area contributed by atoms with Crippen molar-refractivity contribution in [3.8, 4) is 0 Å². The standard InChI is InChI=1S/C21H18N2O5S2/c1-15-7-11-17(12-8-15)29(25,26)22-19-5-3-4-6-20(19)23(21(22)24)30(27,28)18-13-9-16(2)10-14-18/h3-14H,1-2H3. The largest absolute Gasteiger partial charge is 0.357 e. The third-order valence-electron chi connectivity index (χ3n) is 4.79. The van der Waals surface area contributed by atoms with E-state index in [1.165, 1.54) is 36.4 Å². The zero-order chi connectivity index (χ0) is 21.7. The van der Waals surface area contributed by atoms with E-state index in [0.29, 0.717) is 7.94 Å². The van der Waals surface area contributed by atoms with E-state index < -0.39 is 25.7 Å². The number of aryl methyl sites for hydroxylation is 2. The van der Waals surface area contributed by atoms with Gasteiger partial charge >= 0.3 is 5.69 Å². The molecule has 0 bridgehead atoms. The first-order valence-electron chi connectivity index (χ1n) is 9.01. The summed E-state index contributed by atoms with van der Waals surface area (Å²) in [4.78, 5) is 13.0. The van der Waals surface area contributed by atoms with Gasteiger partial charge in [-0.2, -0.15) is 7.94 Å². The summed E-state index contributed by atoms with van der Waals surface area (Å²) < 4.78 is 54.1. The summed E-state index contributed by atoms with van der Waals surface area (Å²) in [5.74, 6) is 0. The molecule has 0 aliphatic rings. The summed E-state index contributed by atoms with van der Waals surface area (Å²) in [6.45, 7) is 3.62. The molecule has 0 spiro atoms. The fraction of sp³-hybridized carbons (Fsp3) is 0.0952. The zero-order valence-electron chi connectivity index (χ0n) is 16.2. The fourth-order valence-corrected chi connectivity index (χ4v) is 6.03. The molecule has 30 heavy (non-hydrogen) atoms. The normalized spacial score (nSPS) is 12.3. The van der Waals surface area contributed by atoms with Crippen molar-refractivity contribution in [2.24, 2.45) is 0 Å². The topological polar surface area (TPSA) is 95.2 Å². The van der Waals surface area contributed by atoms with Crippen molar-refractivity contribution in [2.75, 3.05) is 0 Å². The van der Waals surface area contributed by atoms with Gasteiger partial charge in [-0.05, 0) is 50.2 Å². The van der Waals surface area contributed by atoms with Crippen LogP contribution >= 0.6 is 0 Å². The minimum atomic E-state index is -4.32. The number of aromatic nitrogens is 2. The van der Waals surface area contributed by atoms with Crippen LogP contribution in [0.5, 0.6) is 0 Å². The Morgan fingerprint density at radius 1 is 0.567 bits per heavy atom. The van der Waals surface area contributed by atoms with Crippen molar-refractivity contribution in [1.29, 1.82) is 0 Å². The SMILES string of the molecule is Cc1ccc(S(=O)(=O)n2c(=O)n(S(=O)(=O)c3ccc(C)cc3)c3ccccc32)cc1. The highest BCUT2D eigenvalue weighted by atomic mass is 32.2. The number of fused-ring (bicyclic) bond motifs is 1. The highest BCUT2D eigenvalue weighted by Crippen LogP contribution is 2.23. The Kier molecular flexibility index (Phi) is 4.67. The van der Waals surface area contributed by atoms with Gasteiger partial charge in [-0.3, -0.25) is 0 Å². The maximum absolute atomic E-state index is 13.3. The molecule has 0 amide bonds. The summed E-state index contributed by atoms with van der Waals surface area (Å²) in [6, 6.07) is 17.9. The molecule has 4 aromatic rings. The predicted octanol–water partition coefficient (Wildman–Crippen LogP) is 2.89. The van der Waals surface area contributed by atoms with Gasteiger partial charge < -0.3 is 0 Å². The van der Waals surface area contributed by atoms with Crippen LogP contribution in [0.4, 0.5) is 0 Å². The number of para-hydroxylation sites is 2. The van der Waals surface area contributed by atoms with Crippen LogP contribution in [0.1, 0.15) is 11.1 Å². The van der Waals surface area contributed by atoms with Crippen molar-refractivity contribution in [1.82, 2.24) is 7.94 Å². The molecular weight excluding hydrogens is 424 g/mol. The number of imidazole rings is 1. The highest BCUT2D eigenvalue weighted by Gasteiger charge is 2.30. The lowest BCUT2D eigenvalue weighted by Crippen LogP contribution is -2.33. The van der Waals surface area contributed by atoms with Crippen LogP contribution in [0, 0.1) is 13.8 Å². The number of rotatable bonds is 4. The molecule has 0 radical (unpaired) electrons. The second-order valence-electron chi connectivity index (χ2n) is 6.94. The van der Waals surface area contributed by atoms with Crippen molar-refractivity contribution in [3.05, 3.63) is 94.4 Å². The van der Waals surface area contributed by atoms with E-state index in [1.54, 1.807) is 36.4 Å². The summed E-state index contributed by atoms with van der Waals surface area (Å²) in [6.07, 6.45) is 0. The summed E-state index contributed by atoms with van der Waals surface area (Å²) in [5, 5.41) is 0. The van der Waals surface area contributed by atoms with Gasteiger partial charge in [-0.15, -0.1) is 0 Å². The van der Waals surface area contributed by atoms with Crippen LogP contribution in [0.3, 0.4) is 0 Å². The van der Waals surface area contributed by atoms with E-state index in [2.05, 4.69) is 0 Å². The lowest BCUT2D eigenvalue weighted by atomic mass is 10.2. The molecule has 154 valence electrons. The Morgan fingerprint density at radius 2 is 0.900 bits per heavy atom. The van der Waals surface area contributed by atoms with E-state index in [-0.39, 0.29) is 20.8 Å². The fourth-order valence-electron chi connectivity index (χ4n) is 3.19. The van der Waals surface area contributed by atoms with Gasteiger partial charge in [0.1, 0.15) is 0 Å². The summed E-state index contributed by atoms with van der Waals surface area (Å²) in [7, 11) is -8.64. The second-order valence-corrected chi connectivity index (χ2v) is 10.5. The molecule has 0 unspecified atom stereocenters. The van der Waals surface area contributed by atoms with Crippen LogP contribution in [0.15, 0.2) is 87.4 Å². The van der Waals surface area contributed by atoms with Crippen molar-refractivity contribution < 1.29 is 16.8 Å². The Balaban J connectivity index is 2.06. The quantitative estimate of drug-likeness (QED) is 0.484. The summed E-state index contributed by atoms with van der Waals surface area (Å²) in [5.41, 5.74) is 0.506. The van der Waals surface area contributed by atoms with Crippen molar-refractivity contribution >= 4 is 31.1 Å². The molecule has 0 atom stereocenters. The average Bonchev–Trinajstić information content (AvgIpc) is 3.01. The first-order chi connectivity index (χ1) is 14.1. The van der Waals surface area contributed by atoms with Crippen LogP contribution in [0.2, 0.25) is 0 Å². The molecule has 9 heteroatoms. The first-order valence-corrected chi connectivity index (χ1v) is 11.9. The van der Waals surface area contributed by atoms with Crippen LogP contribution in [-0.4, -0.2) is 24.8 Å². The van der Waals surface area contributed by atoms with Gasteiger partial charge in [0.15, 0.2) is 0 Å². The van der Waals surface area contributed by atoms with Crippen molar-refractivity contribution in [3.63, 3.8) is 0 Å². The highest BCUT2D eigenvalue weighted by molar-refractivity contribution is 7.91. The smallest absolute Gasteiger partial charge is 0.245 e. The van der Waals surface area contributed by atoms with Gasteiger partial charge in [0, 0.05) is 0 Å². The predicted molar refractivity (Wildman–Crippen MR) is 114 cm³/mol. The lowest BCUT2D eigenvalue weighted by molar-refractivity contribution is 0.582. The maximum Gasteiger partial charge on any atom is 0.357 e. The molecule has 0 aliphatic heterocycles. The zero-order valence-corrected chi connectivity index (χ0v) is 17.8. The molecule has 7 nitrogen and oxygen atoms in total. The first kappa shape index (κ1) is 20.1. The number of hydrogen-bond acceptors (Lipinski definition) is 5. The van der Waals surface area contributed by atoms with Gasteiger partial charge in [0.25, 0.3) is 20.0 Å². The van der Waals surface area contributed by atoms with E-state index in [9.17, 15) is 21.6 Å². The molecule has 1 aromatic heterocycles. The Morgan fingerprint density at radius 3 is 1.23 bits per heavy atom. The van der Waals surface area contributed by atoms with Crippen LogP contribution in [-0.2, 0) is 20.0 Å². The second kappa shape index (κ2) is 6.96. The molecule has 3 aromatic carbocycles. The lowest BCUT2D eigenvalue weighted by Gasteiger charge is -2.07. The van der Waals surface area contributed by atoms with Crippen molar-refractivity contribution in [2.45, 2.75) is 23.6 Å². The van der Waals surface area contributed by atoms with Gasteiger partial charge in [0.05, 0.1) is 20.8 Å². The maximum atomic E-state index is 13.3. The van der Waals surface area contributed by atoms with E-state index >= 15 is 0 Å². The number of benzene rings is 3. The van der Waals surface area contributed by atoms with E-state index in [4.69, 9.17) is 0 Å². The van der Waals surface area contributed by atoms with Gasteiger partial charge in [0.2, 0.25) is 0 Å². The molecule has 0 saturated carbocycles. The average molecular weight is 443 g/mol. The monoisotopic (exact) mass is 442 g/mol. The Labute approximate surface area is 173 Å². The Bertz CT molecular complexity index is 1410. The molecule has 0 aliphatic carbocycles. The minimum Gasteiger partial charge on any atom is -0.245 e. The Hall–Kier alpha value is -3.17. The molecule has 0 saturated heterocycles. The van der Waals surface area contributed by atoms with Gasteiger partial charge in [-0.25, -0.2) is 21.6 Å². The molecule has 0 N–H and O–H groups in total. The third-order valence-corrected chi connectivity index (χ3v) is 8.19. The van der Waals surface area contributed by atoms with Gasteiger partial charge in [-0.1, -0.05) is 47.5 Å². The third kappa shape index (κ3) is 3.06. The summed E-state index contributed by atoms with van der Waals surface area (Å²) >= 11 is 0. The molecule has 0 fully saturated rings.